The fourth-order valence-corrected chi connectivity index (χ4v) is 5.14. The molecule has 0 atom stereocenters. The van der Waals surface area contributed by atoms with Crippen LogP contribution in [0.1, 0.15) is 11.1 Å². The third kappa shape index (κ3) is 4.43. The van der Waals surface area contributed by atoms with E-state index in [1.54, 1.807) is 0 Å². The van der Waals surface area contributed by atoms with Gasteiger partial charge in [0.2, 0.25) is 0 Å². The smallest absolute Gasteiger partial charge is 0.0450 e. The zero-order valence-corrected chi connectivity index (χ0v) is 12.4. The SMILES string of the molecule is Cc1cccc(C)c1SCC[Si](C)(C)C. The maximum atomic E-state index is 2.44. The minimum atomic E-state index is -0.867. The van der Waals surface area contributed by atoms with Crippen molar-refractivity contribution in [2.75, 3.05) is 5.75 Å². The first-order valence-electron chi connectivity index (χ1n) is 5.59. The van der Waals surface area contributed by atoms with Crippen LogP contribution in [-0.2, 0) is 0 Å². The average molecular weight is 238 g/mol. The van der Waals surface area contributed by atoms with E-state index in [2.05, 4.69) is 51.7 Å². The summed E-state index contributed by atoms with van der Waals surface area (Å²) in [6.07, 6.45) is 0. The Morgan fingerprint density at radius 1 is 1.07 bits per heavy atom. The molecule has 0 amide bonds. The van der Waals surface area contributed by atoms with Crippen molar-refractivity contribution in [1.82, 2.24) is 0 Å². The van der Waals surface area contributed by atoms with Gasteiger partial charge in [0, 0.05) is 13.0 Å². The van der Waals surface area contributed by atoms with Gasteiger partial charge in [0.05, 0.1) is 0 Å². The number of benzene rings is 1. The third-order valence-corrected chi connectivity index (χ3v) is 5.96. The van der Waals surface area contributed by atoms with Crippen LogP contribution in [0.15, 0.2) is 23.1 Å². The first-order valence-corrected chi connectivity index (χ1v) is 10.3. The van der Waals surface area contributed by atoms with Crippen LogP contribution in [0.5, 0.6) is 0 Å². The highest BCUT2D eigenvalue weighted by molar-refractivity contribution is 7.99. The van der Waals surface area contributed by atoms with Gasteiger partial charge in [0.25, 0.3) is 0 Å². The minimum Gasteiger partial charge on any atom is -0.126 e. The predicted molar refractivity (Wildman–Crippen MR) is 74.8 cm³/mol. The van der Waals surface area contributed by atoms with E-state index in [0.29, 0.717) is 0 Å². The Kier molecular flexibility index (Phi) is 4.47. The first kappa shape index (κ1) is 12.9. The number of hydrogen-bond acceptors (Lipinski definition) is 1. The number of hydrogen-bond donors (Lipinski definition) is 0. The molecule has 0 unspecified atom stereocenters. The summed E-state index contributed by atoms with van der Waals surface area (Å²) in [6.45, 7) is 11.8. The molecule has 1 rings (SSSR count). The first-order chi connectivity index (χ1) is 6.90. The predicted octanol–water partition coefficient (Wildman–Crippen LogP) is 4.73. The molecule has 2 heteroatoms. The number of aryl methyl sites for hydroxylation is 2. The highest BCUT2D eigenvalue weighted by atomic mass is 32.2. The lowest BCUT2D eigenvalue weighted by molar-refractivity contribution is 1.21. The van der Waals surface area contributed by atoms with E-state index < -0.39 is 8.07 Å². The fraction of sp³-hybridized carbons (Fsp3) is 0.538. The normalized spacial score (nSPS) is 11.8. The second-order valence-electron chi connectivity index (χ2n) is 5.38. The molecule has 0 bridgehead atoms. The van der Waals surface area contributed by atoms with E-state index in [9.17, 15) is 0 Å². The molecule has 0 radical (unpaired) electrons. The van der Waals surface area contributed by atoms with Crippen LogP contribution in [0.2, 0.25) is 25.7 Å². The monoisotopic (exact) mass is 238 g/mol. The average Bonchev–Trinajstić information content (AvgIpc) is 2.08. The van der Waals surface area contributed by atoms with Crippen LogP contribution in [0.25, 0.3) is 0 Å². The molecular weight excluding hydrogens is 216 g/mol. The molecule has 1 aromatic carbocycles. The van der Waals surface area contributed by atoms with Gasteiger partial charge in [-0.3, -0.25) is 0 Å². The van der Waals surface area contributed by atoms with Crippen LogP contribution in [0, 0.1) is 13.8 Å². The lowest BCUT2D eigenvalue weighted by Crippen LogP contribution is -2.19. The summed E-state index contributed by atoms with van der Waals surface area (Å²) >= 11 is 2.04. The summed E-state index contributed by atoms with van der Waals surface area (Å²) in [7, 11) is -0.867. The van der Waals surface area contributed by atoms with Crippen molar-refractivity contribution in [3.8, 4) is 0 Å². The van der Waals surface area contributed by atoms with Crippen LogP contribution < -0.4 is 0 Å². The standard InChI is InChI=1S/C13H22SSi/c1-11-7-6-8-12(2)13(11)14-9-10-15(3,4)5/h6-8H,9-10H2,1-5H3. The Hall–Kier alpha value is -0.213. The van der Waals surface area contributed by atoms with Gasteiger partial charge in [0.1, 0.15) is 0 Å². The zero-order chi connectivity index (χ0) is 11.5. The number of rotatable bonds is 4. The van der Waals surface area contributed by atoms with Crippen molar-refractivity contribution >= 4 is 19.8 Å². The molecule has 0 aliphatic rings. The molecule has 1 aromatic rings. The van der Waals surface area contributed by atoms with Gasteiger partial charge in [-0.05, 0) is 36.8 Å². The van der Waals surface area contributed by atoms with E-state index in [1.807, 2.05) is 11.8 Å². The lowest BCUT2D eigenvalue weighted by atomic mass is 10.2. The van der Waals surface area contributed by atoms with Gasteiger partial charge in [-0.2, -0.15) is 0 Å². The second kappa shape index (κ2) is 5.22. The topological polar surface area (TPSA) is 0 Å². The molecule has 0 aromatic heterocycles. The Bertz CT molecular complexity index is 306. The molecule has 0 aliphatic carbocycles. The highest BCUT2D eigenvalue weighted by Crippen LogP contribution is 2.28. The van der Waals surface area contributed by atoms with Crippen molar-refractivity contribution in [3.05, 3.63) is 29.3 Å². The van der Waals surface area contributed by atoms with Gasteiger partial charge in [0.15, 0.2) is 0 Å². The molecule has 15 heavy (non-hydrogen) atoms. The van der Waals surface area contributed by atoms with E-state index >= 15 is 0 Å². The Morgan fingerprint density at radius 3 is 2.07 bits per heavy atom. The largest absolute Gasteiger partial charge is 0.126 e. The molecule has 0 nitrogen and oxygen atoms in total. The van der Waals surface area contributed by atoms with Crippen LogP contribution in [0.3, 0.4) is 0 Å². The van der Waals surface area contributed by atoms with Gasteiger partial charge in [-0.25, -0.2) is 0 Å². The quantitative estimate of drug-likeness (QED) is 0.539. The maximum Gasteiger partial charge on any atom is 0.0450 e. The Labute approximate surface area is 99.5 Å². The van der Waals surface area contributed by atoms with Crippen LogP contribution >= 0.6 is 11.8 Å². The van der Waals surface area contributed by atoms with E-state index in [0.717, 1.165) is 0 Å². The van der Waals surface area contributed by atoms with Crippen molar-refractivity contribution < 1.29 is 0 Å². The van der Waals surface area contributed by atoms with Gasteiger partial charge in [-0.15, -0.1) is 11.8 Å². The summed E-state index contributed by atoms with van der Waals surface area (Å²) in [5, 5.41) is 0. The zero-order valence-electron chi connectivity index (χ0n) is 10.6. The van der Waals surface area contributed by atoms with E-state index in [1.165, 1.54) is 27.8 Å². The maximum absolute atomic E-state index is 2.44. The van der Waals surface area contributed by atoms with E-state index in [4.69, 9.17) is 0 Å². The number of thioether (sulfide) groups is 1. The van der Waals surface area contributed by atoms with Crippen LogP contribution in [0.4, 0.5) is 0 Å². The molecule has 0 saturated carbocycles. The van der Waals surface area contributed by atoms with E-state index in [-0.39, 0.29) is 0 Å². The Morgan fingerprint density at radius 2 is 1.60 bits per heavy atom. The molecule has 0 N–H and O–H groups in total. The lowest BCUT2D eigenvalue weighted by Gasteiger charge is -2.16. The minimum absolute atomic E-state index is 0.867. The van der Waals surface area contributed by atoms with Gasteiger partial charge in [-0.1, -0.05) is 37.8 Å². The summed E-state index contributed by atoms with van der Waals surface area (Å²) in [5.74, 6) is 1.28. The summed E-state index contributed by atoms with van der Waals surface area (Å²) in [4.78, 5) is 1.50. The summed E-state index contributed by atoms with van der Waals surface area (Å²) < 4.78 is 0. The summed E-state index contributed by atoms with van der Waals surface area (Å²) in [6, 6.07) is 7.98. The molecule has 0 aliphatic heterocycles. The van der Waals surface area contributed by atoms with Gasteiger partial charge < -0.3 is 0 Å². The third-order valence-electron chi connectivity index (χ3n) is 2.51. The van der Waals surface area contributed by atoms with Crippen molar-refractivity contribution in [2.45, 2.75) is 44.4 Å². The molecule has 0 spiro atoms. The van der Waals surface area contributed by atoms with Crippen molar-refractivity contribution in [3.63, 3.8) is 0 Å². The van der Waals surface area contributed by atoms with Gasteiger partial charge >= 0.3 is 0 Å². The van der Waals surface area contributed by atoms with Crippen LogP contribution in [-0.4, -0.2) is 13.8 Å². The molecule has 84 valence electrons. The molecule has 0 fully saturated rings. The summed E-state index contributed by atoms with van der Waals surface area (Å²) in [5.41, 5.74) is 2.85. The highest BCUT2D eigenvalue weighted by Gasteiger charge is 2.13. The Balaban J connectivity index is 2.58. The molecular formula is C13H22SSi. The fourth-order valence-electron chi connectivity index (χ4n) is 1.49. The molecule has 0 heterocycles. The van der Waals surface area contributed by atoms with Crippen molar-refractivity contribution in [2.24, 2.45) is 0 Å². The second-order valence-corrected chi connectivity index (χ2v) is 12.1. The van der Waals surface area contributed by atoms with Crippen molar-refractivity contribution in [1.29, 1.82) is 0 Å². The molecule has 0 saturated heterocycles.